The van der Waals surface area contributed by atoms with Gasteiger partial charge in [-0.05, 0) is 38.0 Å². The third-order valence-corrected chi connectivity index (χ3v) is 5.11. The Morgan fingerprint density at radius 1 is 1.26 bits per heavy atom. The molecule has 0 spiro atoms. The maximum Gasteiger partial charge on any atom is 0.239 e. The average Bonchev–Trinajstić information content (AvgIpc) is 2.95. The van der Waals surface area contributed by atoms with Gasteiger partial charge in [-0.1, -0.05) is 12.2 Å². The summed E-state index contributed by atoms with van der Waals surface area (Å²) in [6.07, 6.45) is 9.86. The minimum Gasteiger partial charge on any atom is -0.351 e. The highest BCUT2D eigenvalue weighted by Crippen LogP contribution is 2.27. The number of carbonyl (C=O) groups is 3. The number of nitrogens with zero attached hydrogens (tertiary/aromatic N) is 1. The number of hydrogen-bond acceptors (Lipinski definition) is 3. The summed E-state index contributed by atoms with van der Waals surface area (Å²) in [7, 11) is 0. The molecule has 0 saturated carbocycles. The van der Waals surface area contributed by atoms with Gasteiger partial charge in [-0.25, -0.2) is 0 Å². The van der Waals surface area contributed by atoms with Gasteiger partial charge in [0.2, 0.25) is 17.7 Å². The van der Waals surface area contributed by atoms with E-state index in [2.05, 4.69) is 22.8 Å². The van der Waals surface area contributed by atoms with E-state index in [1.165, 1.54) is 0 Å². The van der Waals surface area contributed by atoms with E-state index in [0.717, 1.165) is 25.7 Å². The fourth-order valence-electron chi connectivity index (χ4n) is 3.87. The minimum absolute atomic E-state index is 0.000528. The number of piperidine rings is 1. The average molecular weight is 319 g/mol. The molecule has 0 aromatic heterocycles. The van der Waals surface area contributed by atoms with Crippen LogP contribution >= 0.6 is 0 Å². The van der Waals surface area contributed by atoms with Crippen LogP contribution in [-0.2, 0) is 14.4 Å². The van der Waals surface area contributed by atoms with Gasteiger partial charge in [0.15, 0.2) is 0 Å². The highest BCUT2D eigenvalue weighted by molar-refractivity contribution is 5.86. The van der Waals surface area contributed by atoms with Crippen molar-refractivity contribution >= 4 is 17.7 Å². The summed E-state index contributed by atoms with van der Waals surface area (Å²) < 4.78 is 0. The lowest BCUT2D eigenvalue weighted by Crippen LogP contribution is -2.59. The molecule has 2 fully saturated rings. The van der Waals surface area contributed by atoms with Gasteiger partial charge in [-0.2, -0.15) is 0 Å². The first-order valence-corrected chi connectivity index (χ1v) is 8.65. The highest BCUT2D eigenvalue weighted by Gasteiger charge is 2.35. The predicted octanol–water partition coefficient (Wildman–Crippen LogP) is 0.729. The third-order valence-electron chi connectivity index (χ3n) is 5.11. The lowest BCUT2D eigenvalue weighted by Gasteiger charge is -2.38. The molecule has 0 aromatic carbocycles. The number of carbonyl (C=O) groups excluding carboxylic acids is 3. The Bertz CT molecular complexity index is 517. The van der Waals surface area contributed by atoms with Crippen molar-refractivity contribution in [3.05, 3.63) is 12.2 Å². The van der Waals surface area contributed by atoms with E-state index in [4.69, 9.17) is 0 Å². The van der Waals surface area contributed by atoms with Crippen LogP contribution in [-0.4, -0.2) is 47.8 Å². The van der Waals surface area contributed by atoms with Gasteiger partial charge < -0.3 is 15.5 Å². The quantitative estimate of drug-likeness (QED) is 0.750. The Hall–Kier alpha value is -1.85. The summed E-state index contributed by atoms with van der Waals surface area (Å²) in [6, 6.07) is -0.0335. The standard InChI is InChI=1S/C17H25N3O3/c21-14-9-8-13(17(19-14)12-5-2-1-3-6-12)18-15(22)11-20-10-4-7-16(20)23/h1-2,12-13,17H,3-11H2,(H,18,22)(H,19,21)/t12?,13-,17+/m1/s1. The molecular formula is C17H25N3O3. The number of nitrogens with one attached hydrogen (secondary N) is 2. The fraction of sp³-hybridized carbons (Fsp3) is 0.706. The molecule has 126 valence electrons. The van der Waals surface area contributed by atoms with E-state index in [9.17, 15) is 14.4 Å². The maximum absolute atomic E-state index is 12.3. The number of amides is 3. The maximum atomic E-state index is 12.3. The second-order valence-electron chi connectivity index (χ2n) is 6.77. The second kappa shape index (κ2) is 7.15. The molecule has 3 amide bonds. The van der Waals surface area contributed by atoms with Gasteiger partial charge in [0.1, 0.15) is 0 Å². The second-order valence-corrected chi connectivity index (χ2v) is 6.77. The number of rotatable bonds is 4. The summed E-state index contributed by atoms with van der Waals surface area (Å²) in [5, 5.41) is 6.14. The molecule has 23 heavy (non-hydrogen) atoms. The Kier molecular flexibility index (Phi) is 4.98. The Morgan fingerprint density at radius 3 is 2.83 bits per heavy atom. The van der Waals surface area contributed by atoms with Crippen molar-refractivity contribution < 1.29 is 14.4 Å². The molecule has 0 radical (unpaired) electrons. The molecule has 3 rings (SSSR count). The molecule has 3 aliphatic rings. The first-order chi connectivity index (χ1) is 11.1. The largest absolute Gasteiger partial charge is 0.351 e. The third kappa shape index (κ3) is 3.92. The first-order valence-electron chi connectivity index (χ1n) is 8.65. The SMILES string of the molecule is O=C(CN1CCCC1=O)N[C@@H]1CCC(=O)N[C@H]1C1CC=CCC1. The van der Waals surface area contributed by atoms with Gasteiger partial charge in [-0.3, -0.25) is 14.4 Å². The van der Waals surface area contributed by atoms with Crippen LogP contribution in [0, 0.1) is 5.92 Å². The van der Waals surface area contributed by atoms with Crippen LogP contribution in [0.5, 0.6) is 0 Å². The summed E-state index contributed by atoms with van der Waals surface area (Å²) in [5.74, 6) is 0.400. The van der Waals surface area contributed by atoms with E-state index >= 15 is 0 Å². The Balaban J connectivity index is 1.59. The molecule has 2 aliphatic heterocycles. The van der Waals surface area contributed by atoms with Gasteiger partial charge in [0.25, 0.3) is 0 Å². The zero-order valence-electron chi connectivity index (χ0n) is 13.4. The highest BCUT2D eigenvalue weighted by atomic mass is 16.2. The van der Waals surface area contributed by atoms with Crippen molar-refractivity contribution in [2.75, 3.05) is 13.1 Å². The molecular weight excluding hydrogens is 294 g/mol. The van der Waals surface area contributed by atoms with E-state index in [1.54, 1.807) is 4.90 Å². The lowest BCUT2D eigenvalue weighted by atomic mass is 9.81. The molecule has 3 atom stereocenters. The summed E-state index contributed by atoms with van der Waals surface area (Å²) >= 11 is 0. The van der Waals surface area contributed by atoms with Gasteiger partial charge >= 0.3 is 0 Å². The van der Waals surface area contributed by atoms with Crippen LogP contribution in [0.3, 0.4) is 0 Å². The molecule has 2 N–H and O–H groups in total. The van der Waals surface area contributed by atoms with Crippen molar-refractivity contribution in [2.24, 2.45) is 5.92 Å². The summed E-state index contributed by atoms with van der Waals surface area (Å²) in [6.45, 7) is 0.811. The van der Waals surface area contributed by atoms with Crippen LogP contribution < -0.4 is 10.6 Å². The lowest BCUT2D eigenvalue weighted by molar-refractivity contribution is -0.134. The van der Waals surface area contributed by atoms with Gasteiger partial charge in [-0.15, -0.1) is 0 Å². The van der Waals surface area contributed by atoms with Gasteiger partial charge in [0.05, 0.1) is 12.6 Å². The normalized spacial score (nSPS) is 31.1. The molecule has 2 saturated heterocycles. The predicted molar refractivity (Wildman–Crippen MR) is 85.4 cm³/mol. The smallest absolute Gasteiger partial charge is 0.239 e. The van der Waals surface area contributed by atoms with Crippen molar-refractivity contribution in [3.8, 4) is 0 Å². The Labute approximate surface area is 136 Å². The van der Waals surface area contributed by atoms with Crippen LogP contribution in [0.15, 0.2) is 12.2 Å². The van der Waals surface area contributed by atoms with Crippen molar-refractivity contribution in [1.82, 2.24) is 15.5 Å². The van der Waals surface area contributed by atoms with Crippen LogP contribution in [0.4, 0.5) is 0 Å². The number of likely N-dealkylation sites (tertiary alicyclic amines) is 1. The minimum atomic E-state index is -0.113. The molecule has 2 heterocycles. The summed E-state index contributed by atoms with van der Waals surface area (Å²) in [4.78, 5) is 37.3. The summed E-state index contributed by atoms with van der Waals surface area (Å²) in [5.41, 5.74) is 0. The van der Waals surface area contributed by atoms with Crippen molar-refractivity contribution in [1.29, 1.82) is 0 Å². The van der Waals surface area contributed by atoms with E-state index < -0.39 is 0 Å². The molecule has 1 aliphatic carbocycles. The topological polar surface area (TPSA) is 78.5 Å². The molecule has 0 bridgehead atoms. The zero-order chi connectivity index (χ0) is 16.2. The fourth-order valence-corrected chi connectivity index (χ4v) is 3.87. The first kappa shape index (κ1) is 16.0. The van der Waals surface area contributed by atoms with Crippen LogP contribution in [0.1, 0.15) is 44.9 Å². The van der Waals surface area contributed by atoms with E-state index in [0.29, 0.717) is 31.7 Å². The molecule has 0 aromatic rings. The Morgan fingerprint density at radius 2 is 2.13 bits per heavy atom. The van der Waals surface area contributed by atoms with Crippen molar-refractivity contribution in [2.45, 2.75) is 57.0 Å². The van der Waals surface area contributed by atoms with E-state index in [-0.39, 0.29) is 36.3 Å². The van der Waals surface area contributed by atoms with Gasteiger partial charge in [0, 0.05) is 25.4 Å². The van der Waals surface area contributed by atoms with Crippen LogP contribution in [0.25, 0.3) is 0 Å². The zero-order valence-corrected chi connectivity index (χ0v) is 13.4. The molecule has 1 unspecified atom stereocenters. The van der Waals surface area contributed by atoms with Crippen molar-refractivity contribution in [3.63, 3.8) is 0 Å². The number of allylic oxidation sites excluding steroid dienone is 2. The van der Waals surface area contributed by atoms with E-state index in [1.807, 2.05) is 0 Å². The number of hydrogen-bond donors (Lipinski definition) is 2. The van der Waals surface area contributed by atoms with Crippen LogP contribution in [0.2, 0.25) is 0 Å². The molecule has 6 nitrogen and oxygen atoms in total. The monoisotopic (exact) mass is 319 g/mol. The molecule has 6 heteroatoms.